The molecule has 0 aliphatic carbocycles. The quantitative estimate of drug-likeness (QED) is 0.668. The van der Waals surface area contributed by atoms with Crippen molar-refractivity contribution < 1.29 is 27.4 Å². The number of anilines is 1. The molecule has 0 fully saturated rings. The number of benzene rings is 2. The SMILES string of the molecule is COc1ccc(NC(=O)Cc2c(C)[nH]c3ccc(F)cc23)cc1OC(F)F. The molecule has 0 aliphatic rings. The minimum absolute atomic E-state index is 0.00759. The second-order valence-corrected chi connectivity index (χ2v) is 5.89. The number of aryl methyl sites for hydroxylation is 1. The molecule has 2 aromatic carbocycles. The topological polar surface area (TPSA) is 63.3 Å². The number of fused-ring (bicyclic) bond motifs is 1. The van der Waals surface area contributed by atoms with E-state index in [1.807, 2.05) is 0 Å². The number of amides is 1. The summed E-state index contributed by atoms with van der Waals surface area (Å²) in [5.74, 6) is -0.838. The van der Waals surface area contributed by atoms with Gasteiger partial charge >= 0.3 is 6.61 Å². The fourth-order valence-electron chi connectivity index (χ4n) is 2.89. The molecule has 0 bridgehead atoms. The highest BCUT2D eigenvalue weighted by atomic mass is 19.3. The van der Waals surface area contributed by atoms with Crippen LogP contribution in [-0.2, 0) is 11.2 Å². The van der Waals surface area contributed by atoms with Gasteiger partial charge in [-0.1, -0.05) is 0 Å². The van der Waals surface area contributed by atoms with Gasteiger partial charge in [0.05, 0.1) is 13.5 Å². The molecule has 1 amide bonds. The number of aromatic nitrogens is 1. The third-order valence-corrected chi connectivity index (χ3v) is 4.08. The van der Waals surface area contributed by atoms with Gasteiger partial charge in [0.25, 0.3) is 0 Å². The Morgan fingerprint density at radius 3 is 2.67 bits per heavy atom. The molecular weight excluding hydrogens is 361 g/mol. The van der Waals surface area contributed by atoms with Gasteiger partial charge in [-0.25, -0.2) is 4.39 Å². The van der Waals surface area contributed by atoms with Crippen LogP contribution in [0.15, 0.2) is 36.4 Å². The minimum Gasteiger partial charge on any atom is -0.493 e. The van der Waals surface area contributed by atoms with Gasteiger partial charge in [-0.2, -0.15) is 8.78 Å². The molecule has 27 heavy (non-hydrogen) atoms. The second-order valence-electron chi connectivity index (χ2n) is 5.89. The molecule has 0 saturated heterocycles. The van der Waals surface area contributed by atoms with Crippen molar-refractivity contribution in [3.05, 3.63) is 53.5 Å². The van der Waals surface area contributed by atoms with Crippen LogP contribution in [0.5, 0.6) is 11.5 Å². The second kappa shape index (κ2) is 7.61. The van der Waals surface area contributed by atoms with Gasteiger partial charge in [-0.15, -0.1) is 0 Å². The minimum atomic E-state index is -3.02. The maximum atomic E-state index is 13.5. The third-order valence-electron chi connectivity index (χ3n) is 4.08. The lowest BCUT2D eigenvalue weighted by Gasteiger charge is -2.12. The predicted molar refractivity (Wildman–Crippen MR) is 95.0 cm³/mol. The van der Waals surface area contributed by atoms with Crippen LogP contribution in [0.2, 0.25) is 0 Å². The predicted octanol–water partition coefficient (Wildman–Crippen LogP) is 4.41. The molecule has 5 nitrogen and oxygen atoms in total. The summed E-state index contributed by atoms with van der Waals surface area (Å²) >= 11 is 0. The highest BCUT2D eigenvalue weighted by Gasteiger charge is 2.15. The molecular formula is C19H17F3N2O3. The Balaban J connectivity index is 1.80. The largest absolute Gasteiger partial charge is 0.493 e. The highest BCUT2D eigenvalue weighted by molar-refractivity contribution is 5.96. The first kappa shape index (κ1) is 18.6. The Morgan fingerprint density at radius 2 is 1.96 bits per heavy atom. The molecule has 0 spiro atoms. The summed E-state index contributed by atoms with van der Waals surface area (Å²) < 4.78 is 47.9. The van der Waals surface area contributed by atoms with E-state index in [-0.39, 0.29) is 29.5 Å². The number of hydrogen-bond donors (Lipinski definition) is 2. The summed E-state index contributed by atoms with van der Waals surface area (Å²) in [7, 11) is 1.32. The normalized spacial score (nSPS) is 11.0. The smallest absolute Gasteiger partial charge is 0.387 e. The van der Waals surface area contributed by atoms with Crippen LogP contribution in [0.4, 0.5) is 18.9 Å². The lowest BCUT2D eigenvalue weighted by atomic mass is 10.1. The third kappa shape index (κ3) is 4.16. The van der Waals surface area contributed by atoms with Gasteiger partial charge in [0, 0.05) is 28.4 Å². The summed E-state index contributed by atoms with van der Waals surface area (Å²) in [5.41, 5.74) is 2.43. The Hall–Kier alpha value is -3.16. The van der Waals surface area contributed by atoms with Crippen molar-refractivity contribution in [2.45, 2.75) is 20.0 Å². The van der Waals surface area contributed by atoms with Crippen molar-refractivity contribution in [2.24, 2.45) is 0 Å². The van der Waals surface area contributed by atoms with Gasteiger partial charge in [0.15, 0.2) is 11.5 Å². The first-order valence-electron chi connectivity index (χ1n) is 8.06. The van der Waals surface area contributed by atoms with E-state index < -0.39 is 12.4 Å². The summed E-state index contributed by atoms with van der Waals surface area (Å²) in [4.78, 5) is 15.5. The number of carbonyl (C=O) groups is 1. The number of rotatable bonds is 6. The number of ether oxygens (including phenoxy) is 2. The van der Waals surface area contributed by atoms with E-state index in [2.05, 4.69) is 15.0 Å². The number of nitrogens with one attached hydrogen (secondary N) is 2. The monoisotopic (exact) mass is 378 g/mol. The number of halogens is 3. The van der Waals surface area contributed by atoms with E-state index in [0.29, 0.717) is 10.9 Å². The lowest BCUT2D eigenvalue weighted by molar-refractivity contribution is -0.115. The molecule has 3 rings (SSSR count). The van der Waals surface area contributed by atoms with Crippen LogP contribution < -0.4 is 14.8 Å². The van der Waals surface area contributed by atoms with Gasteiger partial charge in [0.2, 0.25) is 5.91 Å². The molecule has 142 valence electrons. The Bertz CT molecular complexity index is 986. The Labute approximate surface area is 153 Å². The summed E-state index contributed by atoms with van der Waals surface area (Å²) in [6, 6.07) is 8.49. The van der Waals surface area contributed by atoms with E-state index in [0.717, 1.165) is 11.2 Å². The van der Waals surface area contributed by atoms with Gasteiger partial charge < -0.3 is 19.8 Å². The zero-order valence-corrected chi connectivity index (χ0v) is 14.6. The summed E-state index contributed by atoms with van der Waals surface area (Å²) in [5, 5.41) is 3.25. The van der Waals surface area contributed by atoms with Crippen molar-refractivity contribution in [3.8, 4) is 11.5 Å². The van der Waals surface area contributed by atoms with Crippen molar-refractivity contribution in [3.63, 3.8) is 0 Å². The average Bonchev–Trinajstić information content (AvgIpc) is 2.90. The molecule has 8 heteroatoms. The van der Waals surface area contributed by atoms with E-state index in [4.69, 9.17) is 4.74 Å². The number of methoxy groups -OCH3 is 1. The standard InChI is InChI=1S/C19H17F3N2O3/c1-10-13(14-7-11(20)3-5-15(14)23-10)9-18(25)24-12-4-6-16(26-2)17(8-12)27-19(21)22/h3-8,19,23H,9H2,1-2H3,(H,24,25). The van der Waals surface area contributed by atoms with Crippen LogP contribution in [0.1, 0.15) is 11.3 Å². The highest BCUT2D eigenvalue weighted by Crippen LogP contribution is 2.31. The molecule has 0 atom stereocenters. The molecule has 3 aromatic rings. The first-order chi connectivity index (χ1) is 12.9. The number of carbonyl (C=O) groups excluding carboxylic acids is 1. The van der Waals surface area contributed by atoms with E-state index in [9.17, 15) is 18.0 Å². The van der Waals surface area contributed by atoms with Crippen molar-refractivity contribution >= 4 is 22.5 Å². The van der Waals surface area contributed by atoms with Gasteiger partial charge in [-0.05, 0) is 42.8 Å². The fourth-order valence-corrected chi connectivity index (χ4v) is 2.89. The van der Waals surface area contributed by atoms with Crippen LogP contribution in [-0.4, -0.2) is 24.6 Å². The fraction of sp³-hybridized carbons (Fsp3) is 0.211. The molecule has 1 aromatic heterocycles. The maximum Gasteiger partial charge on any atom is 0.387 e. The Kier molecular flexibility index (Phi) is 5.25. The molecule has 0 saturated carbocycles. The van der Waals surface area contributed by atoms with Crippen LogP contribution in [0, 0.1) is 12.7 Å². The lowest BCUT2D eigenvalue weighted by Crippen LogP contribution is -2.15. The summed E-state index contributed by atoms with van der Waals surface area (Å²) in [6.45, 7) is -1.23. The molecule has 0 radical (unpaired) electrons. The van der Waals surface area contributed by atoms with Crippen LogP contribution in [0.3, 0.4) is 0 Å². The van der Waals surface area contributed by atoms with Gasteiger partial charge in [0.1, 0.15) is 5.82 Å². The maximum absolute atomic E-state index is 13.5. The molecule has 1 heterocycles. The van der Waals surface area contributed by atoms with Crippen molar-refractivity contribution in [2.75, 3.05) is 12.4 Å². The number of hydrogen-bond acceptors (Lipinski definition) is 3. The number of H-pyrrole nitrogens is 1. The summed E-state index contributed by atoms with van der Waals surface area (Å²) in [6.07, 6.45) is -0.00759. The van der Waals surface area contributed by atoms with E-state index >= 15 is 0 Å². The molecule has 2 N–H and O–H groups in total. The zero-order valence-electron chi connectivity index (χ0n) is 14.6. The first-order valence-corrected chi connectivity index (χ1v) is 8.06. The molecule has 0 unspecified atom stereocenters. The molecule has 0 aliphatic heterocycles. The Morgan fingerprint density at radius 1 is 1.19 bits per heavy atom. The van der Waals surface area contributed by atoms with Crippen molar-refractivity contribution in [1.29, 1.82) is 0 Å². The van der Waals surface area contributed by atoms with Crippen molar-refractivity contribution in [1.82, 2.24) is 4.98 Å². The van der Waals surface area contributed by atoms with Crippen LogP contribution >= 0.6 is 0 Å². The van der Waals surface area contributed by atoms with E-state index in [1.165, 1.54) is 37.4 Å². The average molecular weight is 378 g/mol. The van der Waals surface area contributed by atoms with E-state index in [1.54, 1.807) is 13.0 Å². The van der Waals surface area contributed by atoms with Crippen LogP contribution in [0.25, 0.3) is 10.9 Å². The number of aromatic amines is 1. The number of alkyl halides is 2. The van der Waals surface area contributed by atoms with Gasteiger partial charge in [-0.3, -0.25) is 4.79 Å². The zero-order chi connectivity index (χ0) is 19.6.